The van der Waals surface area contributed by atoms with Crippen molar-refractivity contribution >= 4 is 48.0 Å². The third-order valence-corrected chi connectivity index (χ3v) is 11.5. The Bertz CT molecular complexity index is 1090. The topological polar surface area (TPSA) is 80.9 Å². The lowest BCUT2D eigenvalue weighted by Gasteiger charge is -2.45. The van der Waals surface area contributed by atoms with Crippen molar-refractivity contribution in [1.29, 1.82) is 0 Å². The van der Waals surface area contributed by atoms with E-state index in [1.54, 1.807) is 0 Å². The lowest BCUT2D eigenvalue weighted by Crippen LogP contribution is -2.45. The van der Waals surface area contributed by atoms with Gasteiger partial charge >= 0.3 is 0 Å². The van der Waals surface area contributed by atoms with Gasteiger partial charge in [0.15, 0.2) is 0 Å². The monoisotopic (exact) mass is 436 g/mol. The fraction of sp³-hybridized carbons (Fsp3) is 0.167. The fourth-order valence-corrected chi connectivity index (χ4v) is 10.4. The molecule has 152 valence electrons. The molecule has 0 spiro atoms. The van der Waals surface area contributed by atoms with Crippen molar-refractivity contribution in [3.05, 3.63) is 84.9 Å². The van der Waals surface area contributed by atoms with Gasteiger partial charge < -0.3 is 20.4 Å². The molecule has 5 rings (SSSR count). The zero-order valence-corrected chi connectivity index (χ0v) is 17.9. The molecule has 0 amide bonds. The molecule has 4 atom stereocenters. The fourth-order valence-electron chi connectivity index (χ4n) is 4.32. The number of aliphatic hydroxyl groups is 4. The zero-order chi connectivity index (χ0) is 20.8. The smallest absolute Gasteiger partial charge is 0.110 e. The van der Waals surface area contributed by atoms with Crippen molar-refractivity contribution < 1.29 is 20.4 Å². The van der Waals surface area contributed by atoms with Crippen molar-refractivity contribution in [1.82, 2.24) is 0 Å². The second-order valence-electron chi connectivity index (χ2n) is 7.47. The molecule has 0 aliphatic carbocycles. The number of rotatable bonds is 2. The minimum Gasteiger partial charge on any atom is -0.385 e. The second-order valence-corrected chi connectivity index (χ2v) is 12.2. The van der Waals surface area contributed by atoms with Crippen molar-refractivity contribution in [2.24, 2.45) is 0 Å². The minimum absolute atomic E-state index is 0.800. The van der Waals surface area contributed by atoms with E-state index < -0.39 is 39.2 Å². The summed E-state index contributed by atoms with van der Waals surface area (Å²) in [5, 5.41) is 50.1. The number of aliphatic hydroxyl groups excluding tert-OH is 4. The lowest BCUT2D eigenvalue weighted by molar-refractivity contribution is 0.0811. The number of hydrogen-bond acceptors (Lipinski definition) is 4. The van der Waals surface area contributed by atoms with Gasteiger partial charge in [-0.05, 0) is 48.0 Å². The number of hydrogen-bond donors (Lipinski definition) is 4. The van der Waals surface area contributed by atoms with E-state index >= 15 is 0 Å². The first kappa shape index (κ1) is 20.0. The highest BCUT2D eigenvalue weighted by Crippen LogP contribution is 2.63. The van der Waals surface area contributed by atoms with Gasteiger partial charge in [0.05, 0.1) is 0 Å². The van der Waals surface area contributed by atoms with Crippen LogP contribution in [0.1, 0.15) is 0 Å². The summed E-state index contributed by atoms with van der Waals surface area (Å²) in [6.07, 6.45) is 0. The van der Waals surface area contributed by atoms with Crippen molar-refractivity contribution in [3.63, 3.8) is 0 Å². The molecule has 4 nitrogen and oxygen atoms in total. The Morgan fingerprint density at radius 2 is 0.767 bits per heavy atom. The number of benzene rings is 4. The molecular formula is C24H22O4P2. The molecule has 30 heavy (non-hydrogen) atoms. The largest absolute Gasteiger partial charge is 0.385 e. The molecule has 6 heteroatoms. The van der Waals surface area contributed by atoms with E-state index in [1.165, 1.54) is 0 Å². The third-order valence-electron chi connectivity index (χ3n) is 5.76. The van der Waals surface area contributed by atoms with E-state index in [0.29, 0.717) is 0 Å². The average Bonchev–Trinajstić information content (AvgIpc) is 2.78. The Hall–Kier alpha value is -1.90. The summed E-state index contributed by atoms with van der Waals surface area (Å²) < 4.78 is 0. The van der Waals surface area contributed by atoms with Gasteiger partial charge in [-0.1, -0.05) is 84.9 Å². The molecule has 4 aromatic carbocycles. The van der Waals surface area contributed by atoms with Crippen LogP contribution in [-0.4, -0.2) is 43.8 Å². The van der Waals surface area contributed by atoms with E-state index in [2.05, 4.69) is 0 Å². The van der Waals surface area contributed by atoms with Gasteiger partial charge in [-0.15, -0.1) is 0 Å². The maximum Gasteiger partial charge on any atom is 0.110 e. The Kier molecular flexibility index (Phi) is 5.33. The average molecular weight is 436 g/mol. The van der Waals surface area contributed by atoms with Crippen LogP contribution in [0.2, 0.25) is 0 Å². The first-order valence-electron chi connectivity index (χ1n) is 9.82. The Morgan fingerprint density at radius 1 is 0.433 bits per heavy atom. The second kappa shape index (κ2) is 7.98. The van der Waals surface area contributed by atoms with Gasteiger partial charge in [0.2, 0.25) is 0 Å². The first-order valence-corrected chi connectivity index (χ1v) is 12.8. The van der Waals surface area contributed by atoms with E-state index in [0.717, 1.165) is 32.2 Å². The van der Waals surface area contributed by atoms with Crippen LogP contribution >= 0.6 is 15.8 Å². The predicted octanol–water partition coefficient (Wildman–Crippen LogP) is 3.19. The Labute approximate surface area is 176 Å². The Balaban J connectivity index is 1.61. The lowest BCUT2D eigenvalue weighted by atomic mass is 10.1. The SMILES string of the molecule is OC1C(O)P(c2cccc3ccccc23)C(O)C(O)P1c1cccc2ccccc12. The summed E-state index contributed by atoms with van der Waals surface area (Å²) in [5.41, 5.74) is 0. The van der Waals surface area contributed by atoms with E-state index in [4.69, 9.17) is 0 Å². The van der Waals surface area contributed by atoms with Crippen molar-refractivity contribution in [2.75, 3.05) is 0 Å². The van der Waals surface area contributed by atoms with Gasteiger partial charge in [-0.2, -0.15) is 0 Å². The summed E-state index contributed by atoms with van der Waals surface area (Å²) in [6.45, 7) is 0. The van der Waals surface area contributed by atoms with Crippen LogP contribution in [0.25, 0.3) is 21.5 Å². The molecule has 1 saturated heterocycles. The minimum atomic E-state index is -1.60. The molecule has 4 N–H and O–H groups in total. The van der Waals surface area contributed by atoms with Crippen LogP contribution in [0, 0.1) is 0 Å². The van der Waals surface area contributed by atoms with Crippen LogP contribution in [0.3, 0.4) is 0 Å². The standard InChI is InChI=1S/C24H22O4P2/c25-21-23(27)30(20-14-6-10-16-8-2-4-12-18(16)20)24(28)22(26)29(21)19-13-5-9-15-7-1-3-11-17(15)19/h1-14,21-28H. The van der Waals surface area contributed by atoms with E-state index in [9.17, 15) is 20.4 Å². The highest BCUT2D eigenvalue weighted by Gasteiger charge is 2.50. The van der Waals surface area contributed by atoms with Crippen LogP contribution in [0.15, 0.2) is 84.9 Å². The normalized spacial score (nSPS) is 29.3. The zero-order valence-electron chi connectivity index (χ0n) is 16.1. The third kappa shape index (κ3) is 3.16. The molecule has 4 aromatic rings. The molecule has 1 aliphatic heterocycles. The highest BCUT2D eigenvalue weighted by atomic mass is 31.1. The van der Waals surface area contributed by atoms with Gasteiger partial charge in [-0.3, -0.25) is 0 Å². The Morgan fingerprint density at radius 3 is 1.17 bits per heavy atom. The van der Waals surface area contributed by atoms with Crippen LogP contribution in [0.5, 0.6) is 0 Å². The molecule has 1 heterocycles. The summed E-state index contributed by atoms with van der Waals surface area (Å²) >= 11 is 0. The van der Waals surface area contributed by atoms with Crippen LogP contribution in [0.4, 0.5) is 0 Å². The van der Waals surface area contributed by atoms with Gasteiger partial charge in [0.1, 0.15) is 23.4 Å². The van der Waals surface area contributed by atoms with Crippen LogP contribution < -0.4 is 10.6 Å². The predicted molar refractivity (Wildman–Crippen MR) is 125 cm³/mol. The first-order chi connectivity index (χ1) is 14.6. The molecule has 0 bridgehead atoms. The van der Waals surface area contributed by atoms with E-state index in [1.807, 2.05) is 84.9 Å². The van der Waals surface area contributed by atoms with Crippen molar-refractivity contribution in [3.8, 4) is 0 Å². The summed E-state index contributed by atoms with van der Waals surface area (Å²) in [6, 6.07) is 27.1. The molecule has 0 radical (unpaired) electrons. The number of fused-ring (bicyclic) bond motifs is 2. The summed E-state index contributed by atoms with van der Waals surface area (Å²) in [4.78, 5) is 0. The summed E-state index contributed by atoms with van der Waals surface area (Å²) in [5.74, 6) is -4.52. The maximum atomic E-state index is 11.2. The van der Waals surface area contributed by atoms with Crippen LogP contribution in [-0.2, 0) is 0 Å². The molecule has 0 saturated carbocycles. The molecule has 0 aromatic heterocycles. The molecule has 4 unspecified atom stereocenters. The summed E-state index contributed by atoms with van der Waals surface area (Å²) in [7, 11) is -3.20. The molecular weight excluding hydrogens is 414 g/mol. The van der Waals surface area contributed by atoms with Gasteiger partial charge in [-0.25, -0.2) is 0 Å². The van der Waals surface area contributed by atoms with Crippen molar-refractivity contribution in [2.45, 2.75) is 23.4 Å². The van der Waals surface area contributed by atoms with Gasteiger partial charge in [0, 0.05) is 0 Å². The quantitative estimate of drug-likeness (QED) is 0.364. The highest BCUT2D eigenvalue weighted by molar-refractivity contribution is 7.74. The molecule has 1 aliphatic rings. The van der Waals surface area contributed by atoms with Gasteiger partial charge in [0.25, 0.3) is 0 Å². The molecule has 1 fully saturated rings. The van der Waals surface area contributed by atoms with E-state index in [-0.39, 0.29) is 0 Å². The maximum absolute atomic E-state index is 11.2.